The molecule has 0 saturated heterocycles. The van der Waals surface area contributed by atoms with E-state index in [2.05, 4.69) is 4.74 Å². The van der Waals surface area contributed by atoms with Gasteiger partial charge in [-0.25, -0.2) is 4.79 Å². The van der Waals surface area contributed by atoms with Crippen LogP contribution in [-0.2, 0) is 11.3 Å². The van der Waals surface area contributed by atoms with Crippen molar-refractivity contribution in [1.29, 1.82) is 0 Å². The number of rotatable bonds is 2. The number of nitrogens with two attached hydrogens (primary N) is 1. The Kier molecular flexibility index (Phi) is 2.53. The number of benzene rings is 1. The van der Waals surface area contributed by atoms with Gasteiger partial charge in [-0.3, -0.25) is 0 Å². The van der Waals surface area contributed by atoms with Gasteiger partial charge in [0.25, 0.3) is 0 Å². The molecular weight excluding hydrogens is 158 g/mol. The highest BCUT2D eigenvalue weighted by Gasteiger charge is 1.95. The van der Waals surface area contributed by atoms with Gasteiger partial charge in [0, 0.05) is 0 Å². The van der Waals surface area contributed by atoms with E-state index in [1.807, 2.05) is 0 Å². The van der Waals surface area contributed by atoms with Crippen LogP contribution in [0.15, 0.2) is 24.3 Å². The first kappa shape index (κ1) is 8.39. The van der Waals surface area contributed by atoms with Gasteiger partial charge in [-0.15, -0.1) is 0 Å². The molecular formula is C8H9NO3. The van der Waals surface area contributed by atoms with Gasteiger partial charge >= 0.3 is 6.09 Å². The van der Waals surface area contributed by atoms with Crippen molar-refractivity contribution in [2.75, 3.05) is 0 Å². The van der Waals surface area contributed by atoms with Crippen molar-refractivity contribution in [1.82, 2.24) is 0 Å². The predicted molar refractivity (Wildman–Crippen MR) is 42.5 cm³/mol. The highest BCUT2D eigenvalue weighted by atomic mass is 16.5. The van der Waals surface area contributed by atoms with E-state index in [4.69, 9.17) is 10.8 Å². The van der Waals surface area contributed by atoms with Crippen LogP contribution in [0.3, 0.4) is 0 Å². The van der Waals surface area contributed by atoms with Gasteiger partial charge < -0.3 is 15.6 Å². The van der Waals surface area contributed by atoms with Crippen LogP contribution >= 0.6 is 0 Å². The van der Waals surface area contributed by atoms with Gasteiger partial charge in [0.1, 0.15) is 12.4 Å². The zero-order valence-corrected chi connectivity index (χ0v) is 6.36. The molecule has 64 valence electrons. The Labute approximate surface area is 69.6 Å². The van der Waals surface area contributed by atoms with Gasteiger partial charge in [0.2, 0.25) is 0 Å². The van der Waals surface area contributed by atoms with E-state index < -0.39 is 6.09 Å². The van der Waals surface area contributed by atoms with Crippen molar-refractivity contribution in [3.63, 3.8) is 0 Å². The molecule has 0 bridgehead atoms. The zero-order chi connectivity index (χ0) is 8.97. The number of ether oxygens (including phenoxy) is 1. The fourth-order valence-electron chi connectivity index (χ4n) is 0.747. The van der Waals surface area contributed by atoms with Crippen LogP contribution in [0.5, 0.6) is 5.75 Å². The lowest BCUT2D eigenvalue weighted by Gasteiger charge is -2.00. The van der Waals surface area contributed by atoms with Crippen molar-refractivity contribution >= 4 is 6.09 Å². The van der Waals surface area contributed by atoms with E-state index in [1.165, 1.54) is 12.1 Å². The third kappa shape index (κ3) is 2.49. The fraction of sp³-hybridized carbons (Fsp3) is 0.125. The summed E-state index contributed by atoms with van der Waals surface area (Å²) in [5, 5.41) is 8.90. The van der Waals surface area contributed by atoms with Crippen LogP contribution in [0.4, 0.5) is 4.79 Å². The Morgan fingerprint density at radius 1 is 1.42 bits per heavy atom. The Bertz CT molecular complexity index is 268. The normalized spacial score (nSPS) is 9.33. The Balaban J connectivity index is 2.53. The lowest BCUT2D eigenvalue weighted by molar-refractivity contribution is 0.150. The van der Waals surface area contributed by atoms with Gasteiger partial charge in [-0.2, -0.15) is 0 Å². The summed E-state index contributed by atoms with van der Waals surface area (Å²) in [5.41, 5.74) is 5.54. The summed E-state index contributed by atoms with van der Waals surface area (Å²) in [5.74, 6) is 0.179. The molecule has 0 heterocycles. The molecule has 0 spiro atoms. The number of phenols is 1. The topological polar surface area (TPSA) is 72.6 Å². The number of hydrogen-bond acceptors (Lipinski definition) is 3. The molecule has 0 atom stereocenters. The summed E-state index contributed by atoms with van der Waals surface area (Å²) in [7, 11) is 0. The fourth-order valence-corrected chi connectivity index (χ4v) is 0.747. The second-order valence-corrected chi connectivity index (χ2v) is 2.27. The molecule has 0 aliphatic carbocycles. The van der Waals surface area contributed by atoms with Crippen LogP contribution in [-0.4, -0.2) is 11.2 Å². The van der Waals surface area contributed by atoms with Gasteiger partial charge in [-0.1, -0.05) is 12.1 Å². The largest absolute Gasteiger partial charge is 0.508 e. The summed E-state index contributed by atoms with van der Waals surface area (Å²) >= 11 is 0. The molecule has 12 heavy (non-hydrogen) atoms. The second kappa shape index (κ2) is 3.61. The number of aromatic hydroxyl groups is 1. The number of amides is 1. The molecule has 3 N–H and O–H groups in total. The number of primary amides is 1. The first-order valence-corrected chi connectivity index (χ1v) is 3.38. The molecule has 4 nitrogen and oxygen atoms in total. The van der Waals surface area contributed by atoms with Crippen molar-refractivity contribution in [2.24, 2.45) is 5.73 Å². The molecule has 1 aromatic rings. The Morgan fingerprint density at radius 3 is 2.50 bits per heavy atom. The highest BCUT2D eigenvalue weighted by molar-refractivity contribution is 5.64. The van der Waals surface area contributed by atoms with Crippen LogP contribution < -0.4 is 5.73 Å². The van der Waals surface area contributed by atoms with Crippen LogP contribution in [0.25, 0.3) is 0 Å². The third-order valence-electron chi connectivity index (χ3n) is 1.32. The van der Waals surface area contributed by atoms with E-state index in [0.717, 1.165) is 5.56 Å². The highest BCUT2D eigenvalue weighted by Crippen LogP contribution is 2.09. The molecule has 1 aromatic carbocycles. The molecule has 0 saturated carbocycles. The number of phenolic OH excluding ortho intramolecular Hbond substituents is 1. The Hall–Kier alpha value is -1.71. The maximum Gasteiger partial charge on any atom is 0.404 e. The smallest absolute Gasteiger partial charge is 0.404 e. The van der Waals surface area contributed by atoms with Gasteiger partial charge in [-0.05, 0) is 17.7 Å². The average Bonchev–Trinajstić information content (AvgIpc) is 2.03. The molecule has 4 heteroatoms. The minimum absolute atomic E-state index is 0.135. The van der Waals surface area contributed by atoms with Gasteiger partial charge in [0.15, 0.2) is 0 Å². The van der Waals surface area contributed by atoms with E-state index in [0.29, 0.717) is 0 Å². The molecule has 1 rings (SSSR count). The number of carbonyl (C=O) groups excluding carboxylic acids is 1. The van der Waals surface area contributed by atoms with Crippen molar-refractivity contribution in [3.8, 4) is 5.75 Å². The van der Waals surface area contributed by atoms with Crippen LogP contribution in [0, 0.1) is 0 Å². The number of hydrogen-bond donors (Lipinski definition) is 2. The minimum atomic E-state index is -0.803. The molecule has 0 fully saturated rings. The predicted octanol–water partition coefficient (Wildman–Crippen LogP) is 0.988. The summed E-state index contributed by atoms with van der Waals surface area (Å²) < 4.78 is 4.52. The van der Waals surface area contributed by atoms with Crippen LogP contribution in [0.1, 0.15) is 5.56 Å². The molecule has 0 aliphatic heterocycles. The molecule has 1 amide bonds. The summed E-state index contributed by atoms with van der Waals surface area (Å²) in [4.78, 5) is 10.2. The lowest BCUT2D eigenvalue weighted by Crippen LogP contribution is -2.12. The van der Waals surface area contributed by atoms with Crippen LogP contribution in [0.2, 0.25) is 0 Å². The van der Waals surface area contributed by atoms with Crippen molar-refractivity contribution in [3.05, 3.63) is 29.8 Å². The van der Waals surface area contributed by atoms with E-state index in [1.54, 1.807) is 12.1 Å². The molecule has 0 radical (unpaired) electrons. The standard InChI is InChI=1S/C8H9NO3/c9-8(11)12-5-6-1-3-7(10)4-2-6/h1-4,10H,5H2,(H2,9,11). The monoisotopic (exact) mass is 167 g/mol. The number of carbonyl (C=O) groups is 1. The maximum absolute atomic E-state index is 10.2. The minimum Gasteiger partial charge on any atom is -0.508 e. The van der Waals surface area contributed by atoms with Gasteiger partial charge in [0.05, 0.1) is 0 Å². The van der Waals surface area contributed by atoms with Crippen molar-refractivity contribution in [2.45, 2.75) is 6.61 Å². The Morgan fingerprint density at radius 2 is 2.00 bits per heavy atom. The third-order valence-corrected chi connectivity index (χ3v) is 1.32. The SMILES string of the molecule is NC(=O)OCc1ccc(O)cc1. The first-order valence-electron chi connectivity index (χ1n) is 3.38. The second-order valence-electron chi connectivity index (χ2n) is 2.27. The van der Waals surface area contributed by atoms with E-state index >= 15 is 0 Å². The van der Waals surface area contributed by atoms with E-state index in [9.17, 15) is 4.79 Å². The summed E-state index contributed by atoms with van der Waals surface area (Å²) in [6.45, 7) is 0.135. The summed E-state index contributed by atoms with van der Waals surface area (Å²) in [6.07, 6.45) is -0.803. The first-order chi connectivity index (χ1) is 5.68. The van der Waals surface area contributed by atoms with E-state index in [-0.39, 0.29) is 12.4 Å². The quantitative estimate of drug-likeness (QED) is 0.689. The zero-order valence-electron chi connectivity index (χ0n) is 6.36. The lowest BCUT2D eigenvalue weighted by atomic mass is 10.2. The molecule has 0 unspecified atom stereocenters. The molecule has 0 aromatic heterocycles. The van der Waals surface area contributed by atoms with Crippen molar-refractivity contribution < 1.29 is 14.6 Å². The molecule has 0 aliphatic rings. The summed E-state index contributed by atoms with van der Waals surface area (Å²) in [6, 6.07) is 6.33. The maximum atomic E-state index is 10.2. The average molecular weight is 167 g/mol.